The van der Waals surface area contributed by atoms with E-state index in [0.29, 0.717) is 40.2 Å². The van der Waals surface area contributed by atoms with Gasteiger partial charge in [-0.2, -0.15) is 0 Å². The molecule has 0 bridgehead atoms. The van der Waals surface area contributed by atoms with Crippen LogP contribution < -0.4 is 18.9 Å². The summed E-state index contributed by atoms with van der Waals surface area (Å²) in [7, 11) is 0. The zero-order valence-electron chi connectivity index (χ0n) is 15.2. The standard InChI is InChI=1S/C23H15ClO5/c24-16-4-1-14(2-5-16)12-26-17-6-7-18-20(11-17)29-22(23(18)25)10-15-3-8-19-21(9-15)28-13-27-19/h1-11H,12-13H2. The molecule has 0 atom stereocenters. The van der Waals surface area contributed by atoms with Crippen LogP contribution in [-0.2, 0) is 6.61 Å². The van der Waals surface area contributed by atoms with Crippen LogP contribution in [0.3, 0.4) is 0 Å². The minimum Gasteiger partial charge on any atom is -0.489 e. The number of allylic oxidation sites excluding steroid dienone is 1. The first kappa shape index (κ1) is 17.6. The van der Waals surface area contributed by atoms with Crippen molar-refractivity contribution in [3.05, 3.63) is 88.1 Å². The van der Waals surface area contributed by atoms with Crippen LogP contribution >= 0.6 is 11.6 Å². The van der Waals surface area contributed by atoms with Gasteiger partial charge in [0.2, 0.25) is 12.6 Å². The quantitative estimate of drug-likeness (QED) is 0.553. The van der Waals surface area contributed by atoms with Gasteiger partial charge in [0.1, 0.15) is 18.1 Å². The lowest BCUT2D eigenvalue weighted by Gasteiger charge is -2.07. The molecule has 0 N–H and O–H groups in total. The molecule has 0 fully saturated rings. The molecule has 0 aromatic heterocycles. The molecule has 144 valence electrons. The van der Waals surface area contributed by atoms with Gasteiger partial charge in [-0.25, -0.2) is 0 Å². The smallest absolute Gasteiger partial charge is 0.231 e. The molecule has 0 radical (unpaired) electrons. The SMILES string of the molecule is O=C1C(=Cc2ccc3c(c2)OCO3)Oc2cc(OCc3ccc(Cl)cc3)ccc21. The maximum absolute atomic E-state index is 12.7. The van der Waals surface area contributed by atoms with Crippen LogP contribution in [0, 0.1) is 0 Å². The monoisotopic (exact) mass is 406 g/mol. The van der Waals surface area contributed by atoms with E-state index in [2.05, 4.69) is 0 Å². The maximum atomic E-state index is 12.7. The molecule has 3 aromatic rings. The molecule has 6 heteroatoms. The van der Waals surface area contributed by atoms with Crippen molar-refractivity contribution in [2.45, 2.75) is 6.61 Å². The first-order valence-corrected chi connectivity index (χ1v) is 9.39. The molecule has 2 heterocycles. The lowest BCUT2D eigenvalue weighted by atomic mass is 10.1. The number of rotatable bonds is 4. The third-order valence-electron chi connectivity index (χ3n) is 4.65. The number of carbonyl (C=O) groups is 1. The number of halogens is 1. The molecular formula is C23H15ClO5. The molecule has 0 unspecified atom stereocenters. The molecule has 3 aromatic carbocycles. The van der Waals surface area contributed by atoms with E-state index < -0.39 is 0 Å². The second-order valence-electron chi connectivity index (χ2n) is 6.63. The Morgan fingerprint density at radius 3 is 2.62 bits per heavy atom. The number of benzene rings is 3. The molecule has 0 spiro atoms. The van der Waals surface area contributed by atoms with E-state index in [9.17, 15) is 4.79 Å². The van der Waals surface area contributed by atoms with Gasteiger partial charge in [-0.15, -0.1) is 0 Å². The van der Waals surface area contributed by atoms with Gasteiger partial charge in [0.05, 0.1) is 5.56 Å². The summed E-state index contributed by atoms with van der Waals surface area (Å²) in [5.41, 5.74) is 2.30. The van der Waals surface area contributed by atoms with Crippen molar-refractivity contribution in [2.75, 3.05) is 6.79 Å². The molecule has 0 saturated heterocycles. The van der Waals surface area contributed by atoms with E-state index in [4.69, 9.17) is 30.5 Å². The molecule has 2 aliphatic heterocycles. The maximum Gasteiger partial charge on any atom is 0.231 e. The van der Waals surface area contributed by atoms with Crippen molar-refractivity contribution < 1.29 is 23.7 Å². The Labute approximate surface area is 172 Å². The van der Waals surface area contributed by atoms with Crippen molar-refractivity contribution in [3.8, 4) is 23.0 Å². The van der Waals surface area contributed by atoms with Crippen LogP contribution in [0.15, 0.2) is 66.4 Å². The number of ketones is 1. The summed E-state index contributed by atoms with van der Waals surface area (Å²) in [4.78, 5) is 12.7. The van der Waals surface area contributed by atoms with Crippen molar-refractivity contribution in [2.24, 2.45) is 0 Å². The lowest BCUT2D eigenvalue weighted by molar-refractivity contribution is 0.101. The highest BCUT2D eigenvalue weighted by Crippen LogP contribution is 2.37. The Morgan fingerprint density at radius 1 is 0.931 bits per heavy atom. The first-order valence-electron chi connectivity index (χ1n) is 9.01. The molecule has 0 aliphatic carbocycles. The number of fused-ring (bicyclic) bond motifs is 2. The third-order valence-corrected chi connectivity index (χ3v) is 4.91. The fraction of sp³-hybridized carbons (Fsp3) is 0.0870. The third kappa shape index (κ3) is 3.52. The Balaban J connectivity index is 1.33. The molecule has 2 aliphatic rings. The van der Waals surface area contributed by atoms with E-state index in [0.717, 1.165) is 11.1 Å². The average molecular weight is 407 g/mol. The van der Waals surface area contributed by atoms with Crippen LogP contribution in [0.5, 0.6) is 23.0 Å². The molecule has 5 rings (SSSR count). The lowest BCUT2D eigenvalue weighted by Crippen LogP contribution is -1.98. The zero-order valence-corrected chi connectivity index (χ0v) is 15.9. The molecular weight excluding hydrogens is 392 g/mol. The highest BCUT2D eigenvalue weighted by Gasteiger charge is 2.28. The van der Waals surface area contributed by atoms with Gasteiger partial charge in [0, 0.05) is 11.1 Å². The topological polar surface area (TPSA) is 54.0 Å². The number of Topliss-reactive ketones (excluding diaryl/α,β-unsaturated/α-hetero) is 1. The van der Waals surface area contributed by atoms with Crippen LogP contribution in [0.2, 0.25) is 5.02 Å². The molecule has 5 nitrogen and oxygen atoms in total. The van der Waals surface area contributed by atoms with Crippen molar-refractivity contribution in [1.29, 1.82) is 0 Å². The van der Waals surface area contributed by atoms with Gasteiger partial charge in [-0.05, 0) is 53.6 Å². The largest absolute Gasteiger partial charge is 0.489 e. The van der Waals surface area contributed by atoms with Gasteiger partial charge in [0.15, 0.2) is 17.3 Å². The van der Waals surface area contributed by atoms with E-state index >= 15 is 0 Å². The summed E-state index contributed by atoms with van der Waals surface area (Å²) >= 11 is 5.90. The van der Waals surface area contributed by atoms with Gasteiger partial charge in [-0.3, -0.25) is 4.79 Å². The fourth-order valence-electron chi connectivity index (χ4n) is 3.16. The number of carbonyl (C=O) groups excluding carboxylic acids is 1. The fourth-order valence-corrected chi connectivity index (χ4v) is 3.28. The summed E-state index contributed by atoms with van der Waals surface area (Å²) in [6.45, 7) is 0.596. The van der Waals surface area contributed by atoms with Gasteiger partial charge in [-0.1, -0.05) is 29.8 Å². The Hall–Kier alpha value is -3.44. The van der Waals surface area contributed by atoms with Gasteiger partial charge < -0.3 is 18.9 Å². The predicted octanol–water partition coefficient (Wildman–Crippen LogP) is 5.26. The second kappa shape index (κ2) is 7.18. The highest BCUT2D eigenvalue weighted by molar-refractivity contribution is 6.30. The normalized spacial score (nSPS) is 15.3. The van der Waals surface area contributed by atoms with Crippen LogP contribution in [0.4, 0.5) is 0 Å². The van der Waals surface area contributed by atoms with Crippen LogP contribution in [0.1, 0.15) is 21.5 Å². The minimum absolute atomic E-state index is 0.165. The molecule has 0 saturated carbocycles. The van der Waals surface area contributed by atoms with Crippen molar-refractivity contribution in [3.63, 3.8) is 0 Å². The van der Waals surface area contributed by atoms with Gasteiger partial charge >= 0.3 is 0 Å². The summed E-state index contributed by atoms with van der Waals surface area (Å²) in [5.74, 6) is 2.54. The van der Waals surface area contributed by atoms with Crippen molar-refractivity contribution >= 4 is 23.5 Å². The Morgan fingerprint density at radius 2 is 1.76 bits per heavy atom. The second-order valence-corrected chi connectivity index (χ2v) is 7.06. The van der Waals surface area contributed by atoms with E-state index in [1.165, 1.54) is 0 Å². The zero-order chi connectivity index (χ0) is 19.8. The van der Waals surface area contributed by atoms with E-state index in [1.54, 1.807) is 24.3 Å². The predicted molar refractivity (Wildman–Crippen MR) is 108 cm³/mol. The van der Waals surface area contributed by atoms with Crippen LogP contribution in [-0.4, -0.2) is 12.6 Å². The highest BCUT2D eigenvalue weighted by atomic mass is 35.5. The summed E-state index contributed by atoms with van der Waals surface area (Å²) in [6.07, 6.45) is 1.69. The van der Waals surface area contributed by atoms with E-state index in [-0.39, 0.29) is 18.3 Å². The summed E-state index contributed by atoms with van der Waals surface area (Å²) in [5, 5.41) is 0.681. The van der Waals surface area contributed by atoms with E-state index in [1.807, 2.05) is 42.5 Å². The summed E-state index contributed by atoms with van der Waals surface area (Å²) < 4.78 is 22.3. The molecule has 0 amide bonds. The summed E-state index contributed by atoms with van der Waals surface area (Å²) in [6, 6.07) is 18.1. The van der Waals surface area contributed by atoms with Gasteiger partial charge in [0.25, 0.3) is 0 Å². The average Bonchev–Trinajstić information content (AvgIpc) is 3.32. The Kier molecular flexibility index (Phi) is 4.37. The molecule has 29 heavy (non-hydrogen) atoms. The number of ether oxygens (including phenoxy) is 4. The first-order chi connectivity index (χ1) is 14.2. The Bertz CT molecular complexity index is 1130. The van der Waals surface area contributed by atoms with Crippen LogP contribution in [0.25, 0.3) is 6.08 Å². The number of hydrogen-bond donors (Lipinski definition) is 0. The van der Waals surface area contributed by atoms with Crippen molar-refractivity contribution in [1.82, 2.24) is 0 Å². The minimum atomic E-state index is -0.165. The number of hydrogen-bond acceptors (Lipinski definition) is 5.